The molecule has 0 N–H and O–H groups in total. The first kappa shape index (κ1) is 15.4. The molecule has 0 bridgehead atoms. The molecule has 0 aromatic heterocycles. The van der Waals surface area contributed by atoms with Gasteiger partial charge in [0.05, 0.1) is 0 Å². The normalized spacial score (nSPS) is 16.4. The van der Waals surface area contributed by atoms with E-state index in [0.29, 0.717) is 0 Å². The minimum Gasteiger partial charge on any atom is -0.144 e. The third-order valence-electron chi connectivity index (χ3n) is 3.16. The molecule has 20 heavy (non-hydrogen) atoms. The molecule has 2 unspecified atom stereocenters. The summed E-state index contributed by atoms with van der Waals surface area (Å²) in [5.41, 5.74) is 6.60. The lowest BCUT2D eigenvalue weighted by molar-refractivity contribution is 1.75. The monoisotopic (exact) mass is 334 g/mol. The van der Waals surface area contributed by atoms with E-state index in [1.54, 1.807) is 0 Å². The summed E-state index contributed by atoms with van der Waals surface area (Å²) in [6, 6.07) is 20.2. The summed E-state index contributed by atoms with van der Waals surface area (Å²) in [4.78, 5) is 0. The first-order chi connectivity index (χ1) is 9.42. The molecule has 102 valence electrons. The Morgan fingerprint density at radius 1 is 0.650 bits per heavy atom. The molecule has 0 amide bonds. The molecule has 2 aromatic carbocycles. The quantitative estimate of drug-likeness (QED) is 0.448. The fraction of sp³-hybridized carbons (Fsp3) is 0.125. The van der Waals surface area contributed by atoms with Gasteiger partial charge in [0.25, 0.3) is 14.8 Å². The molecule has 4 heteroatoms. The lowest BCUT2D eigenvalue weighted by atomic mass is 10.4. The topological polar surface area (TPSA) is 0 Å². The molecular formula is C16H16Cl2Si2. The highest BCUT2D eigenvalue weighted by molar-refractivity contribution is 7.34. The fourth-order valence-electron chi connectivity index (χ4n) is 1.88. The first-order valence-electron chi connectivity index (χ1n) is 6.45. The van der Waals surface area contributed by atoms with Crippen LogP contribution in [0.1, 0.15) is 0 Å². The summed E-state index contributed by atoms with van der Waals surface area (Å²) < 4.78 is 0. The molecule has 0 spiro atoms. The van der Waals surface area contributed by atoms with E-state index in [9.17, 15) is 0 Å². The van der Waals surface area contributed by atoms with Crippen LogP contribution < -0.4 is 10.4 Å². The molecule has 0 heterocycles. The summed E-state index contributed by atoms with van der Waals surface area (Å²) in [6.45, 7) is 4.09. The fourth-order valence-corrected chi connectivity index (χ4v) is 7.29. The van der Waals surface area contributed by atoms with Gasteiger partial charge in [0.15, 0.2) is 0 Å². The van der Waals surface area contributed by atoms with Gasteiger partial charge in [0, 0.05) is 0 Å². The summed E-state index contributed by atoms with van der Waals surface area (Å²) in [5.74, 6) is 0. The molecule has 0 radical (unpaired) electrons. The van der Waals surface area contributed by atoms with Gasteiger partial charge in [-0.25, -0.2) is 0 Å². The van der Waals surface area contributed by atoms with Crippen molar-refractivity contribution in [3.63, 3.8) is 0 Å². The average Bonchev–Trinajstić information content (AvgIpc) is 2.47. The van der Waals surface area contributed by atoms with Gasteiger partial charge in [-0.2, -0.15) is 0 Å². The summed E-state index contributed by atoms with van der Waals surface area (Å²) >= 11 is 13.4. The van der Waals surface area contributed by atoms with Gasteiger partial charge in [-0.1, -0.05) is 60.7 Å². The van der Waals surface area contributed by atoms with Crippen LogP contribution >= 0.6 is 22.2 Å². The lowest BCUT2D eigenvalue weighted by Crippen LogP contribution is -2.41. The molecule has 2 atom stereocenters. The van der Waals surface area contributed by atoms with Crippen molar-refractivity contribution in [2.45, 2.75) is 13.1 Å². The predicted octanol–water partition coefficient (Wildman–Crippen LogP) is 3.51. The van der Waals surface area contributed by atoms with Crippen molar-refractivity contribution in [1.29, 1.82) is 0 Å². The Hall–Kier alpha value is -0.986. The standard InChI is InChI=1S/C16H16Cl2Si2/c1-19(17,15-9-5-3-6-10-15)13-14-20(2,18)16-11-7-4-8-12-16/h3-12H,1-2H3. The van der Waals surface area contributed by atoms with Crippen LogP contribution in [0.5, 0.6) is 0 Å². The van der Waals surface area contributed by atoms with Gasteiger partial charge in [0.1, 0.15) is 0 Å². The van der Waals surface area contributed by atoms with Gasteiger partial charge < -0.3 is 0 Å². The van der Waals surface area contributed by atoms with E-state index in [4.69, 9.17) is 22.2 Å². The molecule has 2 rings (SSSR count). The second-order valence-corrected chi connectivity index (χ2v) is 15.2. The number of halogens is 2. The van der Waals surface area contributed by atoms with E-state index in [2.05, 4.69) is 11.1 Å². The minimum atomic E-state index is -2.26. The van der Waals surface area contributed by atoms with Crippen molar-refractivity contribution in [2.75, 3.05) is 0 Å². The van der Waals surface area contributed by atoms with Crippen molar-refractivity contribution < 1.29 is 0 Å². The number of rotatable bonds is 2. The van der Waals surface area contributed by atoms with Gasteiger partial charge >= 0.3 is 0 Å². The third kappa shape index (κ3) is 3.77. The maximum absolute atomic E-state index is 6.68. The van der Waals surface area contributed by atoms with Crippen LogP contribution in [0.15, 0.2) is 60.7 Å². The van der Waals surface area contributed by atoms with E-state index in [-0.39, 0.29) is 0 Å². The predicted molar refractivity (Wildman–Crippen MR) is 94.9 cm³/mol. The molecule has 0 fully saturated rings. The average molecular weight is 335 g/mol. The van der Waals surface area contributed by atoms with E-state index in [1.807, 2.05) is 73.8 Å². The van der Waals surface area contributed by atoms with Gasteiger partial charge in [-0.05, 0) is 23.5 Å². The SMILES string of the molecule is C[Si](Cl)(C#C[Si](C)(Cl)c1ccccc1)c1ccccc1. The van der Waals surface area contributed by atoms with Crippen LogP contribution in [0.3, 0.4) is 0 Å². The third-order valence-corrected chi connectivity index (χ3v) is 9.31. The van der Waals surface area contributed by atoms with Crippen molar-refractivity contribution in [2.24, 2.45) is 0 Å². The Bertz CT molecular complexity index is 570. The number of benzene rings is 2. The van der Waals surface area contributed by atoms with Crippen molar-refractivity contribution in [3.05, 3.63) is 60.7 Å². The van der Waals surface area contributed by atoms with Gasteiger partial charge in [-0.15, -0.1) is 33.2 Å². The van der Waals surface area contributed by atoms with Crippen LogP contribution in [0.25, 0.3) is 0 Å². The zero-order valence-corrected chi connectivity index (χ0v) is 15.0. The minimum absolute atomic E-state index is 1.13. The molecular weight excluding hydrogens is 319 g/mol. The summed E-state index contributed by atoms with van der Waals surface area (Å²) in [6.07, 6.45) is 0. The first-order valence-corrected chi connectivity index (χ1v) is 13.5. The molecule has 0 aliphatic heterocycles. The van der Waals surface area contributed by atoms with Crippen LogP contribution in [-0.4, -0.2) is 14.8 Å². The second-order valence-electron chi connectivity index (χ2n) is 4.99. The summed E-state index contributed by atoms with van der Waals surface area (Å²) in [5, 5.41) is 2.26. The molecule has 2 aromatic rings. The largest absolute Gasteiger partial charge is 0.259 e. The van der Waals surface area contributed by atoms with E-state index >= 15 is 0 Å². The maximum atomic E-state index is 6.68. The van der Waals surface area contributed by atoms with Crippen LogP contribution in [0.4, 0.5) is 0 Å². The van der Waals surface area contributed by atoms with Gasteiger partial charge in [-0.3, -0.25) is 0 Å². The number of hydrogen-bond acceptors (Lipinski definition) is 0. The van der Waals surface area contributed by atoms with Crippen molar-refractivity contribution >= 4 is 47.3 Å². The Balaban J connectivity index is 2.30. The molecule has 0 saturated carbocycles. The van der Waals surface area contributed by atoms with Crippen LogP contribution in [0.2, 0.25) is 13.1 Å². The van der Waals surface area contributed by atoms with Crippen molar-refractivity contribution in [1.82, 2.24) is 0 Å². The zero-order valence-electron chi connectivity index (χ0n) is 11.5. The molecule has 0 saturated heterocycles. The Labute approximate surface area is 132 Å². The second kappa shape index (κ2) is 6.19. The zero-order chi connectivity index (χ0) is 14.6. The van der Waals surface area contributed by atoms with Crippen LogP contribution in [-0.2, 0) is 0 Å². The number of hydrogen-bond donors (Lipinski definition) is 0. The smallest absolute Gasteiger partial charge is 0.144 e. The highest BCUT2D eigenvalue weighted by atomic mass is 35.6. The molecule has 0 nitrogen and oxygen atoms in total. The highest BCUT2D eigenvalue weighted by Gasteiger charge is 2.28. The Kier molecular flexibility index (Phi) is 4.77. The summed E-state index contributed by atoms with van der Waals surface area (Å²) in [7, 11) is -4.52. The van der Waals surface area contributed by atoms with Crippen LogP contribution in [0, 0.1) is 11.1 Å². The van der Waals surface area contributed by atoms with Crippen molar-refractivity contribution in [3.8, 4) is 11.1 Å². The van der Waals surface area contributed by atoms with Gasteiger partial charge in [0.2, 0.25) is 0 Å². The van der Waals surface area contributed by atoms with E-state index < -0.39 is 14.8 Å². The molecule has 0 aliphatic rings. The highest BCUT2D eigenvalue weighted by Crippen LogP contribution is 2.11. The van der Waals surface area contributed by atoms with E-state index in [0.717, 1.165) is 10.4 Å². The van der Waals surface area contributed by atoms with E-state index in [1.165, 1.54) is 0 Å². The Morgan fingerprint density at radius 3 is 1.25 bits per heavy atom. The lowest BCUT2D eigenvalue weighted by Gasteiger charge is -2.15. The Morgan fingerprint density at radius 2 is 0.950 bits per heavy atom. The molecule has 0 aliphatic carbocycles. The maximum Gasteiger partial charge on any atom is 0.259 e.